The number of amides is 4. The first kappa shape index (κ1) is 51.7. The predicted molar refractivity (Wildman–Crippen MR) is 236 cm³/mol. The number of hydrogen-bond acceptors (Lipinski definition) is 12. The lowest BCUT2D eigenvalue weighted by Crippen LogP contribution is -2.58. The van der Waals surface area contributed by atoms with Crippen molar-refractivity contribution >= 4 is 46.3 Å². The number of anilines is 2. The van der Waals surface area contributed by atoms with Crippen molar-refractivity contribution in [3.8, 4) is 22.4 Å². The third-order valence-electron chi connectivity index (χ3n) is 11.4. The standard InChI is InChI=1S/C46H47F7N8O7S/c1-24-37(69-23-57-24)27-10-8-26(9-11-27)19-55-39(64)33-17-30(62)21-59(33)41(65)38(43(3,4)5)58-34(63)22-67-14-15-68-40-31(45(48,49)50)16-29(20-56-40)61-25(2)60(42(66)44(61,6)7)32-13-12-28(18-54)35(36(32)47)46(51,52)53/h8-13,16,20,23,30,33,38,62H,2,14-15,17,19,21-22H2,1,3-7H3,(H,55,64)(H,58,63)/t30-,33+,38-/m1/s1. The van der Waals surface area contributed by atoms with E-state index in [1.165, 1.54) is 36.2 Å². The zero-order chi connectivity index (χ0) is 51.0. The molecule has 0 unspecified atom stereocenters. The number of thiazole rings is 1. The van der Waals surface area contributed by atoms with Crippen LogP contribution in [0.2, 0.25) is 0 Å². The van der Waals surface area contributed by atoms with E-state index in [1.54, 1.807) is 26.3 Å². The fourth-order valence-corrected chi connectivity index (χ4v) is 8.78. The number of rotatable bonds is 14. The summed E-state index contributed by atoms with van der Waals surface area (Å²) in [6.45, 7) is 11.3. The fourth-order valence-electron chi connectivity index (χ4n) is 7.96. The van der Waals surface area contributed by atoms with Gasteiger partial charge in [-0.05, 0) is 55.5 Å². The first-order valence-corrected chi connectivity index (χ1v) is 22.0. The molecule has 2 fully saturated rings. The number of alkyl halides is 6. The predicted octanol–water partition coefficient (Wildman–Crippen LogP) is 6.87. The van der Waals surface area contributed by atoms with Crippen molar-refractivity contribution < 1.29 is 64.5 Å². The average Bonchev–Trinajstić information content (AvgIpc) is 3.93. The molecule has 2 aliphatic rings. The Morgan fingerprint density at radius 3 is 2.32 bits per heavy atom. The van der Waals surface area contributed by atoms with E-state index < -0.39 is 131 Å². The minimum Gasteiger partial charge on any atom is -0.475 e. The number of carbonyl (C=O) groups excluding carboxylic acids is 4. The summed E-state index contributed by atoms with van der Waals surface area (Å²) in [7, 11) is 0. The van der Waals surface area contributed by atoms with Crippen LogP contribution >= 0.6 is 11.3 Å². The Balaban J connectivity index is 1.06. The highest BCUT2D eigenvalue weighted by atomic mass is 32.1. The number of nitriles is 1. The van der Waals surface area contributed by atoms with Crippen LogP contribution in [0.3, 0.4) is 0 Å². The zero-order valence-electron chi connectivity index (χ0n) is 38.0. The van der Waals surface area contributed by atoms with Crippen molar-refractivity contribution in [1.82, 2.24) is 25.5 Å². The second-order valence-electron chi connectivity index (χ2n) is 17.8. The molecule has 23 heteroatoms. The van der Waals surface area contributed by atoms with Gasteiger partial charge in [-0.25, -0.2) is 14.4 Å². The van der Waals surface area contributed by atoms with Gasteiger partial charge in [0.15, 0.2) is 5.82 Å². The summed E-state index contributed by atoms with van der Waals surface area (Å²) in [5.41, 5.74) is -4.14. The van der Waals surface area contributed by atoms with Gasteiger partial charge in [0.2, 0.25) is 23.6 Å². The van der Waals surface area contributed by atoms with Crippen LogP contribution in [0.1, 0.15) is 69.0 Å². The summed E-state index contributed by atoms with van der Waals surface area (Å²) >= 11 is 1.51. The summed E-state index contributed by atoms with van der Waals surface area (Å²) in [4.78, 5) is 65.8. The van der Waals surface area contributed by atoms with E-state index in [1.807, 2.05) is 31.2 Å². The normalized spacial score (nSPS) is 17.8. The molecule has 3 N–H and O–H groups in total. The number of aliphatic hydroxyl groups excluding tert-OH is 1. The molecule has 0 aliphatic carbocycles. The number of aryl methyl sites for hydroxylation is 1. The molecule has 2 aromatic heterocycles. The van der Waals surface area contributed by atoms with Gasteiger partial charge >= 0.3 is 12.4 Å². The minimum atomic E-state index is -5.34. The molecule has 0 bridgehead atoms. The van der Waals surface area contributed by atoms with E-state index in [0.29, 0.717) is 17.0 Å². The van der Waals surface area contributed by atoms with Crippen LogP contribution in [-0.2, 0) is 42.8 Å². The van der Waals surface area contributed by atoms with Gasteiger partial charge in [0.25, 0.3) is 5.91 Å². The van der Waals surface area contributed by atoms with E-state index >= 15 is 4.39 Å². The van der Waals surface area contributed by atoms with E-state index in [-0.39, 0.29) is 19.5 Å². The number of nitrogens with zero attached hydrogens (tertiary/aromatic N) is 6. The van der Waals surface area contributed by atoms with E-state index in [0.717, 1.165) is 38.9 Å². The molecule has 2 aromatic carbocycles. The number of benzene rings is 2. The SMILES string of the molecule is C=C1N(c2ccc(C#N)c(C(F)(F)F)c2F)C(=O)C(C)(C)N1c1cnc(OCCOCC(=O)N[C@H](C(=O)N2C[C@H](O)C[C@H]2C(=O)NCc2ccc(-c3scnc3C)cc2)C(C)(C)C)c(C(F)(F)F)c1. The smallest absolute Gasteiger partial charge is 0.421 e. The lowest BCUT2D eigenvalue weighted by Gasteiger charge is -2.35. The largest absolute Gasteiger partial charge is 0.475 e. The summed E-state index contributed by atoms with van der Waals surface area (Å²) in [6.07, 6.45) is -10.6. The van der Waals surface area contributed by atoms with Gasteiger partial charge in [0, 0.05) is 19.5 Å². The molecule has 4 amide bonds. The Labute approximate surface area is 395 Å². The van der Waals surface area contributed by atoms with Crippen molar-refractivity contribution in [2.24, 2.45) is 5.41 Å². The van der Waals surface area contributed by atoms with Crippen molar-refractivity contribution in [3.05, 3.63) is 100 Å². The van der Waals surface area contributed by atoms with Gasteiger partial charge in [-0.1, -0.05) is 51.6 Å². The van der Waals surface area contributed by atoms with Gasteiger partial charge < -0.3 is 35.0 Å². The Morgan fingerprint density at radius 1 is 1.04 bits per heavy atom. The maximum absolute atomic E-state index is 15.5. The van der Waals surface area contributed by atoms with Crippen molar-refractivity contribution in [1.29, 1.82) is 5.26 Å². The summed E-state index contributed by atoms with van der Waals surface area (Å²) in [5.74, 6) is -6.41. The minimum absolute atomic E-state index is 0.0390. The summed E-state index contributed by atoms with van der Waals surface area (Å²) < 4.78 is 111. The highest BCUT2D eigenvalue weighted by Crippen LogP contribution is 2.46. The third-order valence-corrected chi connectivity index (χ3v) is 12.4. The number of pyridine rings is 1. The molecule has 4 aromatic rings. The molecular weight excluding hydrogens is 942 g/mol. The molecule has 368 valence electrons. The van der Waals surface area contributed by atoms with Crippen LogP contribution in [0.4, 0.5) is 42.1 Å². The van der Waals surface area contributed by atoms with Crippen LogP contribution < -0.4 is 25.2 Å². The Kier molecular flexibility index (Phi) is 14.8. The average molecular weight is 989 g/mol. The molecule has 2 saturated heterocycles. The van der Waals surface area contributed by atoms with Crippen molar-refractivity contribution in [3.63, 3.8) is 0 Å². The van der Waals surface area contributed by atoms with Gasteiger partial charge in [-0.15, -0.1) is 11.3 Å². The van der Waals surface area contributed by atoms with Crippen LogP contribution in [0, 0.1) is 29.5 Å². The Morgan fingerprint density at radius 2 is 1.72 bits per heavy atom. The monoisotopic (exact) mass is 988 g/mol. The zero-order valence-corrected chi connectivity index (χ0v) is 38.8. The first-order chi connectivity index (χ1) is 32.2. The van der Waals surface area contributed by atoms with Gasteiger partial charge in [0.1, 0.15) is 47.8 Å². The molecule has 0 radical (unpaired) electrons. The van der Waals surface area contributed by atoms with E-state index in [2.05, 4.69) is 27.2 Å². The van der Waals surface area contributed by atoms with Crippen molar-refractivity contribution in [2.75, 3.05) is 36.2 Å². The van der Waals surface area contributed by atoms with Gasteiger partial charge in [0.05, 0.1) is 58.0 Å². The second-order valence-corrected chi connectivity index (χ2v) is 18.6. The number of nitrogens with one attached hydrogen (secondary N) is 2. The number of β-amino-alcohol motifs (C(OH)–C–C–N with tert-alkyl or cyclic N) is 1. The van der Waals surface area contributed by atoms with E-state index in [4.69, 9.17) is 14.7 Å². The van der Waals surface area contributed by atoms with Gasteiger partial charge in [-0.2, -0.15) is 31.6 Å². The number of hydrogen-bond donors (Lipinski definition) is 3. The highest BCUT2D eigenvalue weighted by molar-refractivity contribution is 7.13. The molecule has 4 heterocycles. The number of aliphatic hydroxyl groups is 1. The number of carbonyl (C=O) groups is 4. The van der Waals surface area contributed by atoms with Crippen LogP contribution in [-0.4, -0.2) is 93.7 Å². The molecule has 15 nitrogen and oxygen atoms in total. The Hall–Kier alpha value is -6.64. The molecule has 0 spiro atoms. The maximum Gasteiger partial charge on any atom is 0.421 e. The summed E-state index contributed by atoms with van der Waals surface area (Å²) in [6, 6.07) is 8.51. The topological polar surface area (TPSA) is 190 Å². The lowest BCUT2D eigenvalue weighted by atomic mass is 9.85. The van der Waals surface area contributed by atoms with E-state index in [9.17, 15) is 50.6 Å². The molecule has 6 rings (SSSR count). The molecule has 2 aliphatic heterocycles. The number of ether oxygens (including phenoxy) is 2. The third kappa shape index (κ3) is 11.0. The van der Waals surface area contributed by atoms with Crippen molar-refractivity contribution in [2.45, 2.75) is 90.6 Å². The number of halogens is 7. The first-order valence-electron chi connectivity index (χ1n) is 21.1. The fraction of sp³-hybridized carbons (Fsp3) is 0.413. The molecule has 0 saturated carbocycles. The van der Waals surface area contributed by atoms with Crippen LogP contribution in [0.5, 0.6) is 5.88 Å². The second kappa shape index (κ2) is 19.8. The van der Waals surface area contributed by atoms with Gasteiger partial charge in [-0.3, -0.25) is 24.1 Å². The number of likely N-dealkylation sites (tertiary alicyclic amines) is 1. The highest BCUT2D eigenvalue weighted by Gasteiger charge is 2.52. The Bertz CT molecular complexity index is 2680. The molecule has 3 atom stereocenters. The molecular formula is C46H47F7N8O7S. The maximum atomic E-state index is 15.5. The molecule has 69 heavy (non-hydrogen) atoms. The summed E-state index contributed by atoms with van der Waals surface area (Å²) in [5, 5.41) is 25.1. The van der Waals surface area contributed by atoms with Crippen LogP contribution in [0.25, 0.3) is 10.4 Å². The quantitative estimate of drug-likeness (QED) is 0.0884. The van der Waals surface area contributed by atoms with Crippen LogP contribution in [0.15, 0.2) is 66.6 Å². The number of aromatic nitrogens is 2. The lowest BCUT2D eigenvalue weighted by molar-refractivity contribution is -0.144.